The summed E-state index contributed by atoms with van der Waals surface area (Å²) in [7, 11) is -1.69. The number of rotatable bonds is 7. The van der Waals surface area contributed by atoms with Gasteiger partial charge in [0.05, 0.1) is 12.7 Å². The Morgan fingerprint density at radius 3 is 2.76 bits per heavy atom. The van der Waals surface area contributed by atoms with Crippen LogP contribution in [0, 0.1) is 6.92 Å². The quantitative estimate of drug-likeness (QED) is 0.796. The molecule has 2 aromatic rings. The summed E-state index contributed by atoms with van der Waals surface area (Å²) >= 11 is 0. The van der Waals surface area contributed by atoms with Crippen molar-refractivity contribution < 1.29 is 8.42 Å². The summed E-state index contributed by atoms with van der Waals surface area (Å²) in [5, 5.41) is 7.04. The molecule has 0 bridgehead atoms. The minimum Gasteiger partial charge on any atom is -0.318 e. The monoisotopic (exact) mass is 308 g/mol. The van der Waals surface area contributed by atoms with E-state index in [9.17, 15) is 8.42 Å². The first-order chi connectivity index (χ1) is 10.0. The van der Waals surface area contributed by atoms with Gasteiger partial charge in [-0.3, -0.25) is 4.68 Å². The third-order valence-corrected chi connectivity index (χ3v) is 4.58. The highest BCUT2D eigenvalue weighted by atomic mass is 32.2. The van der Waals surface area contributed by atoms with E-state index in [2.05, 4.69) is 15.1 Å². The Bertz CT molecular complexity index is 695. The maximum atomic E-state index is 12.2. The Morgan fingerprint density at radius 2 is 2.05 bits per heavy atom. The molecule has 7 heteroatoms. The molecule has 114 valence electrons. The van der Waals surface area contributed by atoms with Crippen LogP contribution in [0.1, 0.15) is 11.1 Å². The van der Waals surface area contributed by atoms with Gasteiger partial charge in [0.25, 0.3) is 0 Å². The Hall–Kier alpha value is -1.70. The summed E-state index contributed by atoms with van der Waals surface area (Å²) in [6.07, 6.45) is 2.91. The van der Waals surface area contributed by atoms with Crippen LogP contribution in [0.5, 0.6) is 0 Å². The number of hydrogen-bond donors (Lipinski definition) is 2. The fourth-order valence-corrected chi connectivity index (χ4v) is 2.86. The van der Waals surface area contributed by atoms with E-state index in [1.165, 1.54) is 12.4 Å². The lowest BCUT2D eigenvalue weighted by molar-refractivity contribution is 0.576. The molecule has 0 aliphatic carbocycles. The Balaban J connectivity index is 2.05. The molecule has 0 spiro atoms. The summed E-state index contributed by atoms with van der Waals surface area (Å²) in [5.41, 5.74) is 2.02. The number of hydrogen-bond acceptors (Lipinski definition) is 4. The van der Waals surface area contributed by atoms with E-state index < -0.39 is 10.0 Å². The molecular formula is C14H20N4O2S. The third-order valence-electron chi connectivity index (χ3n) is 3.22. The van der Waals surface area contributed by atoms with Gasteiger partial charge in [0, 0.05) is 19.3 Å². The largest absolute Gasteiger partial charge is 0.318 e. The molecule has 0 aliphatic rings. The second-order valence-corrected chi connectivity index (χ2v) is 6.56. The van der Waals surface area contributed by atoms with Crippen molar-refractivity contribution in [1.82, 2.24) is 19.8 Å². The summed E-state index contributed by atoms with van der Waals surface area (Å²) in [4.78, 5) is 0.187. The average Bonchev–Trinajstić information content (AvgIpc) is 2.94. The van der Waals surface area contributed by atoms with E-state index in [0.29, 0.717) is 6.54 Å². The van der Waals surface area contributed by atoms with Gasteiger partial charge in [-0.05, 0) is 25.1 Å². The average molecular weight is 308 g/mol. The van der Waals surface area contributed by atoms with Gasteiger partial charge in [-0.15, -0.1) is 0 Å². The van der Waals surface area contributed by atoms with Crippen molar-refractivity contribution in [3.63, 3.8) is 0 Å². The van der Waals surface area contributed by atoms with Crippen LogP contribution in [-0.2, 0) is 23.1 Å². The van der Waals surface area contributed by atoms with Crippen LogP contribution in [0.2, 0.25) is 0 Å². The molecule has 0 aliphatic heterocycles. The van der Waals surface area contributed by atoms with E-state index in [0.717, 1.165) is 17.7 Å². The number of sulfonamides is 1. The zero-order valence-corrected chi connectivity index (χ0v) is 13.0. The standard InChI is InChI=1S/C14H20N4O2S/c1-12-5-3-4-6-13(12)9-17-21(19,20)14-10-16-18(11-14)8-7-15-2/h3-6,10-11,15,17H,7-9H2,1-2H3. The van der Waals surface area contributed by atoms with Gasteiger partial charge >= 0.3 is 0 Å². The smallest absolute Gasteiger partial charge is 0.243 e. The fraction of sp³-hybridized carbons (Fsp3) is 0.357. The molecule has 0 radical (unpaired) electrons. The molecule has 1 aromatic carbocycles. The van der Waals surface area contributed by atoms with E-state index in [1.807, 2.05) is 38.2 Å². The normalized spacial score (nSPS) is 11.7. The molecule has 1 aromatic heterocycles. The first-order valence-corrected chi connectivity index (χ1v) is 8.22. The Kier molecular flexibility index (Phi) is 5.11. The van der Waals surface area contributed by atoms with Crippen LogP contribution < -0.4 is 10.0 Å². The number of benzene rings is 1. The van der Waals surface area contributed by atoms with E-state index in [4.69, 9.17) is 0 Å². The molecule has 2 N–H and O–H groups in total. The molecule has 0 fully saturated rings. The van der Waals surface area contributed by atoms with Gasteiger partial charge in [-0.25, -0.2) is 13.1 Å². The van der Waals surface area contributed by atoms with Crippen LogP contribution in [0.15, 0.2) is 41.6 Å². The molecule has 0 saturated heterocycles. The molecule has 0 saturated carbocycles. The molecular weight excluding hydrogens is 288 g/mol. The maximum Gasteiger partial charge on any atom is 0.243 e. The fourth-order valence-electron chi connectivity index (χ4n) is 1.90. The van der Waals surface area contributed by atoms with Crippen molar-refractivity contribution >= 4 is 10.0 Å². The third kappa shape index (κ3) is 4.13. The minimum absolute atomic E-state index is 0.187. The number of aromatic nitrogens is 2. The zero-order valence-electron chi connectivity index (χ0n) is 12.2. The van der Waals surface area contributed by atoms with Crippen molar-refractivity contribution in [3.8, 4) is 0 Å². The number of likely N-dealkylation sites (N-methyl/N-ethyl adjacent to an activating group) is 1. The molecule has 1 heterocycles. The van der Waals surface area contributed by atoms with Crippen molar-refractivity contribution in [3.05, 3.63) is 47.8 Å². The predicted molar refractivity (Wildman–Crippen MR) is 81.4 cm³/mol. The maximum absolute atomic E-state index is 12.2. The van der Waals surface area contributed by atoms with Gasteiger partial charge in [0.1, 0.15) is 4.90 Å². The lowest BCUT2D eigenvalue weighted by Gasteiger charge is -2.07. The van der Waals surface area contributed by atoms with Gasteiger partial charge in [0.2, 0.25) is 10.0 Å². The molecule has 0 unspecified atom stereocenters. The lowest BCUT2D eigenvalue weighted by Crippen LogP contribution is -2.23. The zero-order chi connectivity index (χ0) is 15.3. The number of nitrogens with one attached hydrogen (secondary N) is 2. The highest BCUT2D eigenvalue weighted by molar-refractivity contribution is 7.89. The van der Waals surface area contributed by atoms with Crippen molar-refractivity contribution in [1.29, 1.82) is 0 Å². The van der Waals surface area contributed by atoms with E-state index >= 15 is 0 Å². The van der Waals surface area contributed by atoms with Gasteiger partial charge in [-0.2, -0.15) is 5.10 Å². The SMILES string of the molecule is CNCCn1cc(S(=O)(=O)NCc2ccccc2C)cn1. The van der Waals surface area contributed by atoms with Crippen molar-refractivity contribution in [2.24, 2.45) is 0 Å². The molecule has 0 atom stereocenters. The Morgan fingerprint density at radius 1 is 1.29 bits per heavy atom. The van der Waals surface area contributed by atoms with Gasteiger partial charge in [0.15, 0.2) is 0 Å². The minimum atomic E-state index is -3.53. The van der Waals surface area contributed by atoms with Crippen LogP contribution in [0.3, 0.4) is 0 Å². The molecule has 6 nitrogen and oxygen atoms in total. The number of nitrogens with zero attached hydrogens (tertiary/aromatic N) is 2. The summed E-state index contributed by atoms with van der Waals surface area (Å²) < 4.78 is 28.7. The Labute approximate surface area is 125 Å². The predicted octanol–water partition coefficient (Wildman–Crippen LogP) is 0.889. The highest BCUT2D eigenvalue weighted by Crippen LogP contribution is 2.10. The summed E-state index contributed by atoms with van der Waals surface area (Å²) in [6, 6.07) is 7.69. The topological polar surface area (TPSA) is 76.0 Å². The molecule has 2 rings (SSSR count). The second kappa shape index (κ2) is 6.84. The first-order valence-electron chi connectivity index (χ1n) is 6.74. The lowest BCUT2D eigenvalue weighted by atomic mass is 10.1. The first kappa shape index (κ1) is 15.7. The van der Waals surface area contributed by atoms with Crippen LogP contribution >= 0.6 is 0 Å². The van der Waals surface area contributed by atoms with Crippen molar-refractivity contribution in [2.75, 3.05) is 13.6 Å². The molecule has 0 amide bonds. The summed E-state index contributed by atoms with van der Waals surface area (Å²) in [6.45, 7) is 3.59. The molecule has 21 heavy (non-hydrogen) atoms. The van der Waals surface area contributed by atoms with E-state index in [1.54, 1.807) is 4.68 Å². The van der Waals surface area contributed by atoms with Gasteiger partial charge < -0.3 is 5.32 Å². The van der Waals surface area contributed by atoms with Crippen LogP contribution in [0.25, 0.3) is 0 Å². The van der Waals surface area contributed by atoms with Crippen molar-refractivity contribution in [2.45, 2.75) is 24.9 Å². The van der Waals surface area contributed by atoms with Crippen LogP contribution in [-0.4, -0.2) is 31.8 Å². The van der Waals surface area contributed by atoms with Crippen LogP contribution in [0.4, 0.5) is 0 Å². The second-order valence-electron chi connectivity index (χ2n) is 4.79. The number of aryl methyl sites for hydroxylation is 1. The highest BCUT2D eigenvalue weighted by Gasteiger charge is 2.16. The van der Waals surface area contributed by atoms with E-state index in [-0.39, 0.29) is 11.4 Å². The summed E-state index contributed by atoms with van der Waals surface area (Å²) in [5.74, 6) is 0. The van der Waals surface area contributed by atoms with Gasteiger partial charge in [-0.1, -0.05) is 24.3 Å².